The van der Waals surface area contributed by atoms with E-state index in [0.29, 0.717) is 62.9 Å². The molecule has 0 aromatic carbocycles. The Kier molecular flexibility index (Phi) is 39.1. The van der Waals surface area contributed by atoms with Gasteiger partial charge in [0.1, 0.15) is 90.6 Å². The fourth-order valence-corrected chi connectivity index (χ4v) is 17.2. The first-order valence-corrected chi connectivity index (χ1v) is 44.8. The summed E-state index contributed by atoms with van der Waals surface area (Å²) in [5, 5.41) is 76.7. The lowest BCUT2D eigenvalue weighted by Gasteiger charge is -2.34. The van der Waals surface area contributed by atoms with Crippen molar-refractivity contribution in [1.29, 1.82) is 0 Å². The minimum Gasteiger partial charge on any atom is -0.394 e. The van der Waals surface area contributed by atoms with Crippen LogP contribution in [-0.2, 0) is 99.1 Å². The summed E-state index contributed by atoms with van der Waals surface area (Å²) in [4.78, 5) is 272. The van der Waals surface area contributed by atoms with Gasteiger partial charge < -0.3 is 130 Å². The quantitative estimate of drug-likeness (QED) is 0.0293. The Balaban J connectivity index is 0.851. The highest BCUT2D eigenvalue weighted by Crippen LogP contribution is 2.29. The lowest BCUT2D eigenvalue weighted by molar-refractivity contribution is -0.148. The Morgan fingerprint density at radius 2 is 0.698 bits per heavy atom. The number of aliphatic hydroxyl groups excluding tert-OH is 4. The first-order chi connectivity index (χ1) is 61.2. The zero-order valence-electron chi connectivity index (χ0n) is 75.2. The molecule has 2 aromatic rings. The van der Waals surface area contributed by atoms with Crippen molar-refractivity contribution in [3.05, 3.63) is 36.4 Å². The number of aromatic amines is 2. The van der Waals surface area contributed by atoms with Crippen molar-refractivity contribution < 1.29 is 107 Å². The smallest absolute Gasteiger partial charge is 0.246 e. The predicted octanol–water partition coefficient (Wildman–Crippen LogP) is -6.88. The number of nitrogens with zero attached hydrogens (tertiary/aromatic N) is 7. The average molecular weight is 1820 g/mol. The molecule has 0 aliphatic carbocycles. The van der Waals surface area contributed by atoms with Gasteiger partial charge in [-0.15, -0.1) is 0 Å². The first-order valence-electron chi connectivity index (χ1n) is 44.8. The third-order valence-corrected chi connectivity index (χ3v) is 23.7. The van der Waals surface area contributed by atoms with Crippen LogP contribution >= 0.6 is 0 Å². The number of nitrogens with two attached hydrogens (primary N) is 1. The molecule has 45 heteroatoms. The van der Waals surface area contributed by atoms with Gasteiger partial charge in [-0.3, -0.25) is 86.3 Å². The maximum Gasteiger partial charge on any atom is 0.246 e. The number of hydrogen-bond donors (Lipinski definition) is 20. The Hall–Kier alpha value is -11.3. The molecular weight excluding hydrogens is 1680 g/mol. The van der Waals surface area contributed by atoms with Gasteiger partial charge in [0.05, 0.1) is 57.2 Å². The predicted molar refractivity (Wildman–Crippen MR) is 459 cm³/mol. The van der Waals surface area contributed by atoms with Crippen LogP contribution in [0.2, 0.25) is 0 Å². The summed E-state index contributed by atoms with van der Waals surface area (Å²) in [6, 6.07) is -20.8. The van der Waals surface area contributed by atoms with Gasteiger partial charge in [0.25, 0.3) is 0 Å². The molecular formula is C84H133N23O22. The number of imidazole rings is 2. The summed E-state index contributed by atoms with van der Waals surface area (Å²) in [6.07, 6.45) is 6.04. The molecule has 2 aromatic heterocycles. The van der Waals surface area contributed by atoms with E-state index in [-0.39, 0.29) is 121 Å². The van der Waals surface area contributed by atoms with E-state index in [4.69, 9.17) is 5.73 Å². The number of aliphatic hydroxyl groups is 4. The molecule has 8 rings (SSSR count). The van der Waals surface area contributed by atoms with Crippen LogP contribution in [-0.4, -0.2) is 346 Å². The van der Waals surface area contributed by atoms with Gasteiger partial charge in [-0.05, 0) is 147 Å². The molecule has 21 N–H and O–H groups in total. The Bertz CT molecular complexity index is 4240. The zero-order chi connectivity index (χ0) is 94.8. The van der Waals surface area contributed by atoms with Gasteiger partial charge in [-0.1, -0.05) is 55.4 Å². The fraction of sp³-hybridized carbons (Fsp3) is 0.714. The zero-order valence-corrected chi connectivity index (χ0v) is 75.2. The van der Waals surface area contributed by atoms with Crippen molar-refractivity contribution in [2.75, 3.05) is 65.6 Å². The summed E-state index contributed by atoms with van der Waals surface area (Å²) < 4.78 is 0. The molecule has 18 amide bonds. The number of carbonyl (C=O) groups is 18. The molecule has 18 atom stereocenters. The Morgan fingerprint density at radius 1 is 0.380 bits per heavy atom. The number of likely N-dealkylation sites (tertiary alicyclic amines) is 5. The second-order valence-electron chi connectivity index (χ2n) is 35.9. The molecule has 0 saturated carbocycles. The third-order valence-electron chi connectivity index (χ3n) is 23.7. The van der Waals surface area contributed by atoms with E-state index in [1.54, 1.807) is 41.5 Å². The summed E-state index contributed by atoms with van der Waals surface area (Å²) in [5.41, 5.74) is 6.30. The summed E-state index contributed by atoms with van der Waals surface area (Å²) in [6.45, 7) is 14.7. The number of aromatic nitrogens is 4. The van der Waals surface area contributed by atoms with Gasteiger partial charge in [0.15, 0.2) is 0 Å². The van der Waals surface area contributed by atoms with Crippen LogP contribution in [0.5, 0.6) is 0 Å². The van der Waals surface area contributed by atoms with Crippen molar-refractivity contribution in [2.24, 2.45) is 29.4 Å². The van der Waals surface area contributed by atoms with Gasteiger partial charge in [0.2, 0.25) is 106 Å². The first kappa shape index (κ1) is 103. The van der Waals surface area contributed by atoms with Gasteiger partial charge >= 0.3 is 0 Å². The van der Waals surface area contributed by atoms with E-state index in [9.17, 15) is 107 Å². The second kappa shape index (κ2) is 48.9. The Morgan fingerprint density at radius 3 is 1.02 bits per heavy atom. The standard InChI is InChI=1S/C84H133N23O22/c1-43(2)29-54(80(125)103-24-12-18-60(103)69(85)114)97-73(118)58(39-108)99-76(121)62-20-14-25-104(62)81(126)56(31-45(5)6)96-72(117)53(34-50-36-87-42-92-50)94-79(124)68(48(10)111)102-66(113)38-90-75(120)61-19-13-27-106(61)84(129)64-22-16-28-107(64)83(128)57(32-46(7)8)98-74(119)59(40-109)100-77(122)63-21-15-26-105(63)82(127)55(30-44(3)4)95-71(116)52(33-49-35-86-41-91-49)93-78(123)67(47(9)110)101-65(112)37-89-70(115)51-17-11-23-88-51/h35-36,41-48,51-64,67-68,88,108-111H,11-34,37-40H2,1-10H3,(H2,85,114)(H,86,91)(H,87,92)(H,89,115)(H,90,120)(H,93,123)(H,94,124)(H,95,116)(H,96,117)(H,97,118)(H,98,119)(H,99,121)(H,100,122)(H,101,112)(H,102,113)/t47-,48-,51+,52+,53+,54+,55+,56+,57+,58+,59+,60+,61+,62+,63+,64+,67+,68+/m1/s1. The van der Waals surface area contributed by atoms with E-state index < -0.39 is 242 Å². The maximum absolute atomic E-state index is 14.8. The van der Waals surface area contributed by atoms with Crippen LogP contribution in [0.1, 0.15) is 183 Å². The van der Waals surface area contributed by atoms with Crippen LogP contribution in [0.4, 0.5) is 0 Å². The van der Waals surface area contributed by atoms with Crippen LogP contribution in [0.25, 0.3) is 0 Å². The maximum atomic E-state index is 14.8. The van der Waals surface area contributed by atoms with Crippen molar-refractivity contribution in [2.45, 2.75) is 294 Å². The third kappa shape index (κ3) is 29.1. The normalized spacial score (nSPS) is 21.4. The van der Waals surface area contributed by atoms with Crippen LogP contribution in [0.15, 0.2) is 25.0 Å². The molecule has 8 heterocycles. The van der Waals surface area contributed by atoms with Crippen molar-refractivity contribution >= 4 is 106 Å². The monoisotopic (exact) mass is 1820 g/mol. The molecule has 6 fully saturated rings. The van der Waals surface area contributed by atoms with Crippen LogP contribution in [0, 0.1) is 23.7 Å². The molecule has 0 unspecified atom stereocenters. The molecule has 129 heavy (non-hydrogen) atoms. The topological polar surface area (TPSA) is 644 Å². The molecule has 716 valence electrons. The van der Waals surface area contributed by atoms with E-state index >= 15 is 0 Å². The Labute approximate surface area is 748 Å². The summed E-state index contributed by atoms with van der Waals surface area (Å²) in [7, 11) is 0. The van der Waals surface area contributed by atoms with Crippen molar-refractivity contribution in [3.63, 3.8) is 0 Å². The highest BCUT2D eigenvalue weighted by Gasteiger charge is 2.48. The van der Waals surface area contributed by atoms with Crippen molar-refractivity contribution in [3.8, 4) is 0 Å². The molecule has 0 bridgehead atoms. The number of amides is 18. The number of hydrogen-bond acceptors (Lipinski definition) is 25. The van der Waals surface area contributed by atoms with E-state index in [1.807, 2.05) is 13.8 Å². The fourth-order valence-electron chi connectivity index (χ4n) is 17.2. The number of carbonyl (C=O) groups excluding carboxylic acids is 18. The van der Waals surface area contributed by atoms with Crippen LogP contribution < -0.4 is 74.9 Å². The second-order valence-corrected chi connectivity index (χ2v) is 35.9. The summed E-state index contributed by atoms with van der Waals surface area (Å²) >= 11 is 0. The average Bonchev–Trinajstić information content (AvgIpc) is 1.65. The van der Waals surface area contributed by atoms with Crippen LogP contribution in [0.3, 0.4) is 0 Å². The lowest BCUT2D eigenvalue weighted by Crippen LogP contribution is -2.61. The number of H-pyrrole nitrogens is 2. The molecule has 6 aliphatic heterocycles. The van der Waals surface area contributed by atoms with E-state index in [0.717, 1.165) is 6.42 Å². The highest BCUT2D eigenvalue weighted by atomic mass is 16.3. The van der Waals surface area contributed by atoms with E-state index in [2.05, 4.69) is 89.1 Å². The van der Waals surface area contributed by atoms with Gasteiger partial charge in [-0.2, -0.15) is 0 Å². The van der Waals surface area contributed by atoms with E-state index in [1.165, 1.54) is 63.4 Å². The minimum absolute atomic E-state index is 0.0182. The SMILES string of the molecule is CC(C)C[C@H](NC(=O)[C@H](CO)NC(=O)[C@@H]1CCCN1C(=O)[C@H](CC(C)C)NC(=O)[C@H](Cc1cnc[nH]1)NC(=O)[C@@H](NC(=O)CNC(=O)[C@@H]1CCCN1C(=O)[C@@H]1CCCN1C(=O)[C@H](CC(C)C)NC(=O)[C@H](CO)NC(=O)[C@@H]1CCCN1C(=O)[C@H](CC(C)C)NC(=O)[C@H](Cc1cnc[nH]1)NC(=O)[C@@H](NC(=O)CNC(=O)[C@@H]1CCCN1)[C@@H](C)O)[C@@H](C)O)C(=O)N1CCC[C@H]1C(N)=O. The van der Waals surface area contributed by atoms with Gasteiger partial charge in [-0.25, -0.2) is 9.97 Å². The number of rotatable bonds is 46. The molecule has 6 aliphatic rings. The molecule has 0 radical (unpaired) electrons. The highest BCUT2D eigenvalue weighted by molar-refractivity contribution is 6.02. The largest absolute Gasteiger partial charge is 0.394 e. The molecule has 0 spiro atoms. The lowest BCUT2D eigenvalue weighted by atomic mass is 10.0. The number of primary amides is 1. The number of nitrogens with one attached hydrogen (secondary N) is 15. The summed E-state index contributed by atoms with van der Waals surface area (Å²) in [5.74, 6) is -15.1. The van der Waals surface area contributed by atoms with Gasteiger partial charge in [0, 0.05) is 69.3 Å². The molecule has 45 nitrogen and oxygen atoms in total. The molecule has 6 saturated heterocycles. The minimum atomic E-state index is -1.77. The van der Waals surface area contributed by atoms with Crippen molar-refractivity contribution in [1.82, 2.24) is 114 Å².